The molecule has 0 radical (unpaired) electrons. The van der Waals surface area contributed by atoms with Crippen molar-refractivity contribution in [2.24, 2.45) is 0 Å². The molecule has 5 heterocycles. The molecule has 0 saturated heterocycles. The van der Waals surface area contributed by atoms with Crippen molar-refractivity contribution in [2.75, 3.05) is 24.7 Å². The van der Waals surface area contributed by atoms with Gasteiger partial charge in [0.05, 0.1) is 22.2 Å². The number of rotatable bonds is 7. The van der Waals surface area contributed by atoms with Crippen LogP contribution in [0.4, 0.5) is 25.1 Å². The lowest BCUT2D eigenvalue weighted by atomic mass is 9.98. The van der Waals surface area contributed by atoms with Crippen molar-refractivity contribution < 1.29 is 13.2 Å². The van der Waals surface area contributed by atoms with Gasteiger partial charge in [0.25, 0.3) is 11.1 Å². The molecule has 2 aliphatic carbocycles. The fourth-order valence-electron chi connectivity index (χ4n) is 6.89. The lowest BCUT2D eigenvalue weighted by Crippen LogP contribution is -2.19. The van der Waals surface area contributed by atoms with Crippen LogP contribution in [0.1, 0.15) is 59.4 Å². The Labute approximate surface area is 272 Å². The predicted molar refractivity (Wildman–Crippen MR) is 178 cm³/mol. The molecule has 6 aromatic rings. The van der Waals surface area contributed by atoms with Gasteiger partial charge in [-0.1, -0.05) is 30.3 Å². The van der Waals surface area contributed by atoms with Gasteiger partial charge in [0.2, 0.25) is 11.9 Å². The van der Waals surface area contributed by atoms with Gasteiger partial charge in [-0.25, -0.2) is 0 Å². The highest BCUT2D eigenvalue weighted by Gasteiger charge is 2.41. The second-order valence-electron chi connectivity index (χ2n) is 12.4. The number of benzene rings is 1. The molecule has 9 nitrogen and oxygen atoms in total. The summed E-state index contributed by atoms with van der Waals surface area (Å²) >= 11 is 0. The molecule has 2 aliphatic rings. The number of hydrogen-bond acceptors (Lipinski definition) is 7. The van der Waals surface area contributed by atoms with Gasteiger partial charge in [-0.3, -0.25) is 23.4 Å². The highest BCUT2D eigenvalue weighted by atomic mass is 19.4. The van der Waals surface area contributed by atoms with Crippen molar-refractivity contribution in [1.29, 1.82) is 0 Å². The quantitative estimate of drug-likeness (QED) is 0.199. The minimum atomic E-state index is -4.76. The molecule has 0 bridgehead atoms. The van der Waals surface area contributed by atoms with Gasteiger partial charge in [-0.2, -0.15) is 23.1 Å². The van der Waals surface area contributed by atoms with E-state index in [0.29, 0.717) is 22.9 Å². The molecule has 0 amide bonds. The number of aromatic nitrogens is 5. The first-order valence-corrected chi connectivity index (χ1v) is 15.8. The zero-order valence-electron chi connectivity index (χ0n) is 26.0. The molecule has 0 spiro atoms. The fourth-order valence-corrected chi connectivity index (χ4v) is 6.89. The Bertz CT molecular complexity index is 2380. The van der Waals surface area contributed by atoms with Crippen LogP contribution in [0.5, 0.6) is 0 Å². The maximum atomic E-state index is 14.0. The summed E-state index contributed by atoms with van der Waals surface area (Å²) in [6, 6.07) is 18.4. The predicted octanol–water partition coefficient (Wildman–Crippen LogP) is 6.68. The maximum Gasteiger partial charge on any atom is 0.433 e. The van der Waals surface area contributed by atoms with Crippen molar-refractivity contribution in [3.63, 3.8) is 0 Å². The van der Waals surface area contributed by atoms with Crippen LogP contribution in [-0.2, 0) is 6.18 Å². The number of fused-ring (bicyclic) bond motifs is 2. The molecule has 8 rings (SSSR count). The Morgan fingerprint density at radius 1 is 0.750 bits per heavy atom. The van der Waals surface area contributed by atoms with Crippen LogP contribution in [0.2, 0.25) is 0 Å². The Kier molecular flexibility index (Phi) is 6.86. The van der Waals surface area contributed by atoms with Gasteiger partial charge in [-0.05, 0) is 89.6 Å². The number of nitrogens with one attached hydrogen (secondary N) is 2. The molecule has 2 unspecified atom stereocenters. The third-order valence-corrected chi connectivity index (χ3v) is 9.43. The summed E-state index contributed by atoms with van der Waals surface area (Å²) in [5, 5.41) is 5.90. The number of alkyl halides is 3. The van der Waals surface area contributed by atoms with E-state index in [0.717, 1.165) is 47.7 Å². The van der Waals surface area contributed by atoms with Crippen molar-refractivity contribution >= 4 is 22.9 Å². The minimum absolute atomic E-state index is 0.0551. The van der Waals surface area contributed by atoms with Crippen molar-refractivity contribution in [3.8, 4) is 22.3 Å². The first kappa shape index (κ1) is 29.9. The van der Waals surface area contributed by atoms with E-state index in [2.05, 4.69) is 37.7 Å². The highest BCUT2D eigenvalue weighted by Crippen LogP contribution is 2.55. The van der Waals surface area contributed by atoms with Gasteiger partial charge in [0, 0.05) is 38.2 Å². The molecule has 2 atom stereocenters. The molecule has 2 saturated carbocycles. The number of hydrogen-bond donors (Lipinski definition) is 2. The van der Waals surface area contributed by atoms with Crippen LogP contribution in [0.15, 0.2) is 88.8 Å². The monoisotopic (exact) mass is 649 g/mol. The van der Waals surface area contributed by atoms with Crippen molar-refractivity contribution in [2.45, 2.75) is 43.2 Å². The summed E-state index contributed by atoms with van der Waals surface area (Å²) in [7, 11) is 3.34. The summed E-state index contributed by atoms with van der Waals surface area (Å²) in [6.45, 7) is 0. The molecular weight excluding hydrogens is 619 g/mol. The van der Waals surface area contributed by atoms with E-state index in [1.165, 1.54) is 17.7 Å². The van der Waals surface area contributed by atoms with E-state index in [1.807, 2.05) is 40.9 Å². The van der Waals surface area contributed by atoms with Gasteiger partial charge in [0.15, 0.2) is 5.69 Å². The van der Waals surface area contributed by atoms with Gasteiger partial charge >= 0.3 is 6.18 Å². The Morgan fingerprint density at radius 3 is 2.00 bits per heavy atom. The molecule has 5 aromatic heterocycles. The third kappa shape index (κ3) is 4.99. The molecule has 48 heavy (non-hydrogen) atoms. The molecule has 0 aliphatic heterocycles. The van der Waals surface area contributed by atoms with Crippen LogP contribution < -0.4 is 21.8 Å². The van der Waals surface area contributed by atoms with Crippen LogP contribution in [0.3, 0.4) is 0 Å². The lowest BCUT2D eigenvalue weighted by molar-refractivity contribution is -0.140. The largest absolute Gasteiger partial charge is 0.433 e. The molecular formula is C36H30F3N7O2. The van der Waals surface area contributed by atoms with Crippen LogP contribution in [-0.4, -0.2) is 37.8 Å². The topological polar surface area (TPSA) is 106 Å². The van der Waals surface area contributed by atoms with E-state index in [9.17, 15) is 22.8 Å². The normalized spacial score (nSPS) is 17.5. The molecule has 1 aromatic carbocycles. The van der Waals surface area contributed by atoms with Crippen molar-refractivity contribution in [1.82, 2.24) is 23.8 Å². The Morgan fingerprint density at radius 2 is 1.35 bits per heavy atom. The average molecular weight is 650 g/mol. The second kappa shape index (κ2) is 11.0. The first-order valence-electron chi connectivity index (χ1n) is 15.8. The first-order chi connectivity index (χ1) is 23.2. The van der Waals surface area contributed by atoms with Gasteiger partial charge in [0.1, 0.15) is 0 Å². The zero-order valence-corrected chi connectivity index (χ0v) is 26.0. The number of anilines is 2. The minimum Gasteiger partial charge on any atom is -0.358 e. The van der Waals surface area contributed by atoms with Gasteiger partial charge in [-0.15, -0.1) is 0 Å². The van der Waals surface area contributed by atoms with E-state index >= 15 is 0 Å². The van der Waals surface area contributed by atoms with E-state index in [1.54, 1.807) is 30.8 Å². The van der Waals surface area contributed by atoms with Crippen LogP contribution >= 0.6 is 0 Å². The van der Waals surface area contributed by atoms with E-state index in [-0.39, 0.29) is 34.5 Å². The van der Waals surface area contributed by atoms with Crippen LogP contribution in [0, 0.1) is 0 Å². The summed E-state index contributed by atoms with van der Waals surface area (Å²) in [4.78, 5) is 38.7. The second-order valence-corrected chi connectivity index (χ2v) is 12.4. The summed E-state index contributed by atoms with van der Waals surface area (Å²) in [5.74, 6) is 1.36. The van der Waals surface area contributed by atoms with E-state index < -0.39 is 17.4 Å². The fraction of sp³-hybridized carbons (Fsp3) is 0.250. The number of halogens is 3. The average Bonchev–Trinajstić information content (AvgIpc) is 4.01. The third-order valence-electron chi connectivity index (χ3n) is 9.43. The maximum absolute atomic E-state index is 14.0. The Hall–Kier alpha value is -5.52. The van der Waals surface area contributed by atoms with E-state index in [4.69, 9.17) is 0 Å². The summed E-state index contributed by atoms with van der Waals surface area (Å²) in [6.07, 6.45) is 3.06. The molecule has 2 fully saturated rings. The molecule has 242 valence electrons. The molecule has 2 N–H and O–H groups in total. The lowest BCUT2D eigenvalue weighted by Gasteiger charge is -2.16. The van der Waals surface area contributed by atoms with Crippen LogP contribution in [0.25, 0.3) is 33.3 Å². The van der Waals surface area contributed by atoms with Gasteiger partial charge < -0.3 is 10.6 Å². The number of nitrogens with zero attached hydrogens (tertiary/aromatic N) is 5. The standard InChI is InChI=1S/C36H30F3N7O2/c1-40-34-43-32(47)29(27-16-20(19-8-9-19)10-13-45(27)34)23-6-3-5-21(15-23)25-18-26(25)22-11-14-46-28(17-22)30(33(48)44-35(46)41-2)24-7-4-12-42-31(24)36(37,38)39/h3-7,10-17,19,25-26H,8-9,18H2,1-2H3,(H,40,43,47)(H,41,44,48). The Balaban J connectivity index is 1.20. The smallest absolute Gasteiger partial charge is 0.358 e. The highest BCUT2D eigenvalue weighted by molar-refractivity contribution is 5.83. The molecule has 12 heteroatoms. The van der Waals surface area contributed by atoms with Crippen molar-refractivity contribution in [3.05, 3.63) is 122 Å². The summed E-state index contributed by atoms with van der Waals surface area (Å²) in [5.41, 5.74) is 2.83. The number of pyridine rings is 3. The SMILES string of the molecule is CNc1nc(=O)c(-c2cccc(C3CC3c3ccn4c(NC)nc(=O)c(-c5cccnc5C(F)(F)F)c4c3)c2)c2cc(C3CC3)ccn12. The summed E-state index contributed by atoms with van der Waals surface area (Å²) < 4.78 is 45.5. The zero-order chi connectivity index (χ0) is 33.3.